The fourth-order valence-corrected chi connectivity index (χ4v) is 5.25. The largest absolute Gasteiger partial charge is 0.447 e. The van der Waals surface area contributed by atoms with Crippen molar-refractivity contribution in [3.63, 3.8) is 0 Å². The van der Waals surface area contributed by atoms with Crippen LogP contribution < -0.4 is 10.6 Å². The minimum Gasteiger partial charge on any atom is -0.447 e. The zero-order valence-corrected chi connectivity index (χ0v) is 19.6. The lowest BCUT2D eigenvalue weighted by atomic mass is 9.97. The van der Waals surface area contributed by atoms with E-state index in [1.807, 2.05) is 0 Å². The summed E-state index contributed by atoms with van der Waals surface area (Å²) < 4.78 is 36.8. The van der Waals surface area contributed by atoms with Gasteiger partial charge < -0.3 is 14.8 Å². The molecule has 2 aromatic rings. The van der Waals surface area contributed by atoms with Gasteiger partial charge in [-0.2, -0.15) is 4.31 Å². The highest BCUT2D eigenvalue weighted by Gasteiger charge is 2.33. The number of pyridine rings is 1. The second-order valence-corrected chi connectivity index (χ2v) is 9.56. The van der Waals surface area contributed by atoms with E-state index in [0.29, 0.717) is 30.8 Å². The Labute approximate surface area is 197 Å². The predicted molar refractivity (Wildman–Crippen MR) is 123 cm³/mol. The Morgan fingerprint density at radius 3 is 2.48 bits per heavy atom. The van der Waals surface area contributed by atoms with Gasteiger partial charge in [-0.25, -0.2) is 18.2 Å². The highest BCUT2D eigenvalue weighted by molar-refractivity contribution is 7.89. The van der Waals surface area contributed by atoms with Crippen molar-refractivity contribution in [1.29, 1.82) is 0 Å². The van der Waals surface area contributed by atoms with E-state index < -0.39 is 16.1 Å². The van der Waals surface area contributed by atoms with Crippen molar-refractivity contribution in [2.45, 2.75) is 17.7 Å². The zero-order chi connectivity index (χ0) is 23.8. The standard InChI is InChI=1S/C21H25ClN4O6S/c1-31-12-13-32-21(28)25-17-5-2-4-16(14-17)24-20(27)15-7-10-26(11-8-15)33(29,30)18-6-3-9-23-19(18)22/h2-6,9,14-15H,7-8,10-13H2,1H3,(H,24,27)(H,25,28). The number of hydrogen-bond donors (Lipinski definition) is 2. The number of sulfonamides is 1. The molecule has 1 aliphatic heterocycles. The first-order chi connectivity index (χ1) is 15.8. The molecule has 1 saturated heterocycles. The number of benzene rings is 1. The molecule has 10 nitrogen and oxygen atoms in total. The fraction of sp³-hybridized carbons (Fsp3) is 0.381. The summed E-state index contributed by atoms with van der Waals surface area (Å²) in [6.07, 6.45) is 1.53. The van der Waals surface area contributed by atoms with Crippen LogP contribution in [0.1, 0.15) is 12.8 Å². The number of halogens is 1. The van der Waals surface area contributed by atoms with E-state index in [1.54, 1.807) is 24.3 Å². The molecule has 0 spiro atoms. The number of ether oxygens (including phenoxy) is 2. The molecule has 3 rings (SSSR count). The van der Waals surface area contributed by atoms with E-state index in [1.165, 1.54) is 29.7 Å². The van der Waals surface area contributed by atoms with E-state index in [9.17, 15) is 18.0 Å². The molecule has 0 radical (unpaired) electrons. The Morgan fingerprint density at radius 2 is 1.82 bits per heavy atom. The average molecular weight is 497 g/mol. The van der Waals surface area contributed by atoms with E-state index in [-0.39, 0.29) is 41.6 Å². The molecule has 0 atom stereocenters. The highest BCUT2D eigenvalue weighted by Crippen LogP contribution is 2.27. The predicted octanol–water partition coefficient (Wildman–Crippen LogP) is 2.97. The van der Waals surface area contributed by atoms with Gasteiger partial charge in [0.05, 0.1) is 6.61 Å². The van der Waals surface area contributed by atoms with Gasteiger partial charge >= 0.3 is 6.09 Å². The fourth-order valence-electron chi connectivity index (χ4n) is 3.35. The minimum atomic E-state index is -3.78. The lowest BCUT2D eigenvalue weighted by molar-refractivity contribution is -0.120. The van der Waals surface area contributed by atoms with E-state index in [0.717, 1.165) is 0 Å². The SMILES string of the molecule is COCCOC(=O)Nc1cccc(NC(=O)C2CCN(S(=O)(=O)c3cccnc3Cl)CC2)c1. The normalized spacial score (nSPS) is 15.1. The second kappa shape index (κ2) is 11.4. The Morgan fingerprint density at radius 1 is 1.12 bits per heavy atom. The van der Waals surface area contributed by atoms with Gasteiger partial charge in [0.25, 0.3) is 0 Å². The van der Waals surface area contributed by atoms with Gasteiger partial charge in [-0.3, -0.25) is 10.1 Å². The third-order valence-corrected chi connectivity index (χ3v) is 7.41. The summed E-state index contributed by atoms with van der Waals surface area (Å²) in [7, 11) is -2.27. The van der Waals surface area contributed by atoms with Crippen LogP contribution in [0.15, 0.2) is 47.5 Å². The number of rotatable bonds is 8. The van der Waals surface area contributed by atoms with Gasteiger partial charge in [-0.1, -0.05) is 17.7 Å². The van der Waals surface area contributed by atoms with Crippen molar-refractivity contribution < 1.29 is 27.5 Å². The quantitative estimate of drug-likeness (QED) is 0.425. The smallest absolute Gasteiger partial charge is 0.411 e. The van der Waals surface area contributed by atoms with Gasteiger partial charge in [0.1, 0.15) is 16.7 Å². The maximum atomic E-state index is 12.8. The Hall–Kier alpha value is -2.73. The molecule has 0 saturated carbocycles. The number of carbonyl (C=O) groups is 2. The molecular formula is C21H25ClN4O6S. The molecule has 178 valence electrons. The van der Waals surface area contributed by atoms with Crippen LogP contribution in [0.2, 0.25) is 5.15 Å². The van der Waals surface area contributed by atoms with E-state index in [4.69, 9.17) is 21.1 Å². The monoisotopic (exact) mass is 496 g/mol. The summed E-state index contributed by atoms with van der Waals surface area (Å²) in [4.78, 5) is 28.3. The average Bonchev–Trinajstić information content (AvgIpc) is 2.80. The van der Waals surface area contributed by atoms with Crippen LogP contribution in [0.4, 0.5) is 16.2 Å². The zero-order valence-electron chi connectivity index (χ0n) is 18.0. The Kier molecular flexibility index (Phi) is 8.61. The molecule has 33 heavy (non-hydrogen) atoms. The number of hydrogen-bond acceptors (Lipinski definition) is 7. The molecule has 1 aromatic heterocycles. The van der Waals surface area contributed by atoms with Crippen molar-refractivity contribution >= 4 is 45.0 Å². The maximum Gasteiger partial charge on any atom is 0.411 e. The van der Waals surface area contributed by atoms with Gasteiger partial charge in [-0.15, -0.1) is 0 Å². The maximum absolute atomic E-state index is 12.8. The second-order valence-electron chi connectivity index (χ2n) is 7.29. The van der Waals surface area contributed by atoms with Crippen molar-refractivity contribution in [3.05, 3.63) is 47.7 Å². The topological polar surface area (TPSA) is 127 Å². The van der Waals surface area contributed by atoms with Crippen LogP contribution in [0.25, 0.3) is 0 Å². The molecule has 0 aliphatic carbocycles. The number of nitrogens with one attached hydrogen (secondary N) is 2. The van der Waals surface area contributed by atoms with Crippen LogP contribution in [0, 0.1) is 5.92 Å². The number of carbonyl (C=O) groups excluding carboxylic acids is 2. The molecule has 2 amide bonds. The number of nitrogens with zero attached hydrogens (tertiary/aromatic N) is 2. The van der Waals surface area contributed by atoms with Gasteiger partial charge in [0.15, 0.2) is 0 Å². The van der Waals surface area contributed by atoms with Crippen molar-refractivity contribution in [1.82, 2.24) is 9.29 Å². The highest BCUT2D eigenvalue weighted by atomic mass is 35.5. The number of anilines is 2. The van der Waals surface area contributed by atoms with Crippen LogP contribution in [0.5, 0.6) is 0 Å². The van der Waals surface area contributed by atoms with E-state index >= 15 is 0 Å². The molecule has 2 heterocycles. The molecule has 2 N–H and O–H groups in total. The molecule has 1 aromatic carbocycles. The number of aromatic nitrogens is 1. The van der Waals surface area contributed by atoms with Gasteiger partial charge in [0.2, 0.25) is 15.9 Å². The summed E-state index contributed by atoms with van der Waals surface area (Å²) in [5.41, 5.74) is 0.969. The summed E-state index contributed by atoms with van der Waals surface area (Å²) in [5, 5.41) is 5.33. The van der Waals surface area contributed by atoms with E-state index in [2.05, 4.69) is 15.6 Å². The summed E-state index contributed by atoms with van der Waals surface area (Å²) in [6.45, 7) is 0.806. The van der Waals surface area contributed by atoms with Crippen molar-refractivity contribution in [3.8, 4) is 0 Å². The molecule has 0 bridgehead atoms. The number of amides is 2. The molecule has 1 aliphatic rings. The lowest BCUT2D eigenvalue weighted by Crippen LogP contribution is -2.41. The van der Waals surface area contributed by atoms with Crippen LogP contribution in [0.3, 0.4) is 0 Å². The first-order valence-electron chi connectivity index (χ1n) is 10.3. The van der Waals surface area contributed by atoms with Crippen LogP contribution >= 0.6 is 11.6 Å². The molecule has 12 heteroatoms. The van der Waals surface area contributed by atoms with Crippen LogP contribution in [-0.4, -0.2) is 63.1 Å². The summed E-state index contributed by atoms with van der Waals surface area (Å²) in [6, 6.07) is 9.59. The van der Waals surface area contributed by atoms with Crippen molar-refractivity contribution in [2.24, 2.45) is 5.92 Å². The third kappa shape index (κ3) is 6.64. The van der Waals surface area contributed by atoms with Crippen LogP contribution in [-0.2, 0) is 24.3 Å². The Bertz CT molecular complexity index is 1090. The number of piperidine rings is 1. The first kappa shape index (κ1) is 24.9. The summed E-state index contributed by atoms with van der Waals surface area (Å²) in [5.74, 6) is -0.567. The Balaban J connectivity index is 1.54. The third-order valence-electron chi connectivity index (χ3n) is 5.06. The number of methoxy groups -OCH3 is 1. The molecular weight excluding hydrogens is 472 g/mol. The van der Waals surface area contributed by atoms with Crippen molar-refractivity contribution in [2.75, 3.05) is 44.0 Å². The molecule has 1 fully saturated rings. The van der Waals surface area contributed by atoms with Gasteiger partial charge in [0, 0.05) is 43.7 Å². The molecule has 0 unspecified atom stereocenters. The summed E-state index contributed by atoms with van der Waals surface area (Å²) >= 11 is 5.95. The lowest BCUT2D eigenvalue weighted by Gasteiger charge is -2.30. The first-order valence-corrected chi connectivity index (χ1v) is 12.1. The minimum absolute atomic E-state index is 0.0420. The van der Waals surface area contributed by atoms with Gasteiger partial charge in [-0.05, 0) is 43.2 Å².